The minimum Gasteiger partial charge on any atom is -0.310 e. The van der Waals surface area contributed by atoms with E-state index in [9.17, 15) is 0 Å². The van der Waals surface area contributed by atoms with Crippen LogP contribution in [0.1, 0.15) is 0 Å². The maximum atomic E-state index is 2.39. The molecule has 0 radical (unpaired) electrons. The Morgan fingerprint density at radius 2 is 0.872 bits per heavy atom. The molecule has 0 aromatic heterocycles. The summed E-state index contributed by atoms with van der Waals surface area (Å²) < 4.78 is 0. The Morgan fingerprint density at radius 1 is 0.298 bits per heavy atom. The molecule has 0 aliphatic rings. The highest BCUT2D eigenvalue weighted by molar-refractivity contribution is 6.15. The van der Waals surface area contributed by atoms with Crippen molar-refractivity contribution < 1.29 is 0 Å². The molecule has 9 aromatic carbocycles. The number of hydrogen-bond donors (Lipinski definition) is 0. The first-order valence-electron chi connectivity index (χ1n) is 16.2. The molecule has 47 heavy (non-hydrogen) atoms. The van der Waals surface area contributed by atoms with E-state index in [0.717, 1.165) is 11.4 Å². The Bertz CT molecular complexity index is 2560. The monoisotopic (exact) mass is 597 g/mol. The summed E-state index contributed by atoms with van der Waals surface area (Å²) in [5.41, 5.74) is 8.34. The van der Waals surface area contributed by atoms with Crippen molar-refractivity contribution in [3.05, 3.63) is 188 Å². The fraction of sp³-hybridized carbons (Fsp3) is 0. The molecule has 1 heteroatoms. The van der Waals surface area contributed by atoms with Gasteiger partial charge in [-0.3, -0.25) is 0 Å². The maximum Gasteiger partial charge on any atom is 0.0546 e. The van der Waals surface area contributed by atoms with E-state index in [-0.39, 0.29) is 0 Å². The van der Waals surface area contributed by atoms with Gasteiger partial charge in [-0.15, -0.1) is 0 Å². The number of benzene rings is 9. The Hall–Kier alpha value is -6.18. The zero-order chi connectivity index (χ0) is 31.2. The van der Waals surface area contributed by atoms with Crippen molar-refractivity contribution in [2.24, 2.45) is 0 Å². The van der Waals surface area contributed by atoms with Crippen molar-refractivity contribution in [3.8, 4) is 22.3 Å². The van der Waals surface area contributed by atoms with Gasteiger partial charge in [-0.2, -0.15) is 0 Å². The number of hydrogen-bond acceptors (Lipinski definition) is 1. The van der Waals surface area contributed by atoms with Gasteiger partial charge in [0.05, 0.1) is 5.69 Å². The van der Waals surface area contributed by atoms with Crippen molar-refractivity contribution in [2.45, 2.75) is 0 Å². The zero-order valence-corrected chi connectivity index (χ0v) is 25.8. The fourth-order valence-electron chi connectivity index (χ4n) is 7.10. The Morgan fingerprint density at radius 3 is 1.72 bits per heavy atom. The second-order valence-corrected chi connectivity index (χ2v) is 12.2. The van der Waals surface area contributed by atoms with Gasteiger partial charge in [-0.25, -0.2) is 0 Å². The molecule has 0 bridgehead atoms. The molecule has 0 aliphatic carbocycles. The molecule has 0 unspecified atom stereocenters. The van der Waals surface area contributed by atoms with Gasteiger partial charge in [0.25, 0.3) is 0 Å². The van der Waals surface area contributed by atoms with Crippen molar-refractivity contribution in [3.63, 3.8) is 0 Å². The van der Waals surface area contributed by atoms with Gasteiger partial charge in [0.1, 0.15) is 0 Å². The molecule has 0 N–H and O–H groups in total. The van der Waals surface area contributed by atoms with E-state index < -0.39 is 0 Å². The molecule has 0 fully saturated rings. The predicted molar refractivity (Wildman–Crippen MR) is 202 cm³/mol. The van der Waals surface area contributed by atoms with Crippen LogP contribution in [-0.2, 0) is 0 Å². The largest absolute Gasteiger partial charge is 0.310 e. The number of fused-ring (bicyclic) bond motifs is 5. The minimum atomic E-state index is 1.12. The standard InChI is InChI=1S/C46H31N/c1-2-15-40(16-3-1)47(45-19-9-13-35-22-21-33-11-6-7-17-44(33)46(35)45)41-27-24-34(25-28-41)42-18-8-14-39-31-38(26-29-43(39)42)37-23-20-32-10-4-5-12-36(32)30-37/h1-31H. The summed E-state index contributed by atoms with van der Waals surface area (Å²) in [7, 11) is 0. The SMILES string of the molecule is c1ccc(N(c2ccc(-c3cccc4cc(-c5ccc6ccccc6c5)ccc34)cc2)c2cccc3ccc4ccccc4c23)cc1. The third-order valence-corrected chi connectivity index (χ3v) is 9.40. The lowest BCUT2D eigenvalue weighted by Crippen LogP contribution is -2.10. The molecule has 0 spiro atoms. The topological polar surface area (TPSA) is 3.24 Å². The van der Waals surface area contributed by atoms with Gasteiger partial charge in [-0.1, -0.05) is 146 Å². The molecule has 0 saturated heterocycles. The highest BCUT2D eigenvalue weighted by atomic mass is 15.1. The lowest BCUT2D eigenvalue weighted by atomic mass is 9.94. The summed E-state index contributed by atoms with van der Waals surface area (Å²) in [5.74, 6) is 0. The summed E-state index contributed by atoms with van der Waals surface area (Å²) in [6, 6.07) is 68.2. The lowest BCUT2D eigenvalue weighted by molar-refractivity contribution is 1.30. The van der Waals surface area contributed by atoms with Crippen LogP contribution in [0.5, 0.6) is 0 Å². The molecule has 1 nitrogen and oxygen atoms in total. The van der Waals surface area contributed by atoms with E-state index in [1.54, 1.807) is 0 Å². The highest BCUT2D eigenvalue weighted by Crippen LogP contribution is 2.42. The average molecular weight is 598 g/mol. The van der Waals surface area contributed by atoms with Crippen LogP contribution >= 0.6 is 0 Å². The predicted octanol–water partition coefficient (Wildman–Crippen LogP) is 13.1. The van der Waals surface area contributed by atoms with Crippen molar-refractivity contribution >= 4 is 60.2 Å². The molecule has 0 aliphatic heterocycles. The van der Waals surface area contributed by atoms with Crippen LogP contribution in [0.15, 0.2) is 188 Å². The smallest absolute Gasteiger partial charge is 0.0546 e. The molecular weight excluding hydrogens is 567 g/mol. The van der Waals surface area contributed by atoms with Crippen LogP contribution in [0.3, 0.4) is 0 Å². The minimum absolute atomic E-state index is 1.12. The third-order valence-electron chi connectivity index (χ3n) is 9.40. The number of nitrogens with zero attached hydrogens (tertiary/aromatic N) is 1. The van der Waals surface area contributed by atoms with E-state index in [2.05, 4.69) is 193 Å². The zero-order valence-electron chi connectivity index (χ0n) is 25.8. The summed E-state index contributed by atoms with van der Waals surface area (Å²) in [4.78, 5) is 2.39. The quantitative estimate of drug-likeness (QED) is 0.178. The molecule has 9 rings (SSSR count). The summed E-state index contributed by atoms with van der Waals surface area (Å²) in [6.07, 6.45) is 0. The van der Waals surface area contributed by atoms with E-state index in [4.69, 9.17) is 0 Å². The second-order valence-electron chi connectivity index (χ2n) is 12.2. The first-order valence-corrected chi connectivity index (χ1v) is 16.2. The van der Waals surface area contributed by atoms with Crippen molar-refractivity contribution in [1.29, 1.82) is 0 Å². The van der Waals surface area contributed by atoms with Crippen LogP contribution in [-0.4, -0.2) is 0 Å². The number of para-hydroxylation sites is 1. The maximum absolute atomic E-state index is 2.39. The Kier molecular flexibility index (Phi) is 6.54. The summed E-state index contributed by atoms with van der Waals surface area (Å²) in [5, 5.41) is 10.0. The summed E-state index contributed by atoms with van der Waals surface area (Å²) >= 11 is 0. The molecule has 0 atom stereocenters. The van der Waals surface area contributed by atoms with Crippen molar-refractivity contribution in [2.75, 3.05) is 4.90 Å². The van der Waals surface area contributed by atoms with Crippen LogP contribution in [0.2, 0.25) is 0 Å². The molecule has 0 saturated carbocycles. The van der Waals surface area contributed by atoms with E-state index in [1.165, 1.54) is 71.0 Å². The van der Waals surface area contributed by atoms with Crippen LogP contribution < -0.4 is 4.90 Å². The van der Waals surface area contributed by atoms with E-state index >= 15 is 0 Å². The first-order chi connectivity index (χ1) is 23.3. The van der Waals surface area contributed by atoms with Gasteiger partial charge in [0.2, 0.25) is 0 Å². The van der Waals surface area contributed by atoms with Gasteiger partial charge in [-0.05, 0) is 102 Å². The average Bonchev–Trinajstić information content (AvgIpc) is 3.15. The van der Waals surface area contributed by atoms with Crippen LogP contribution in [0.4, 0.5) is 17.1 Å². The molecule has 0 amide bonds. The molecule has 0 heterocycles. The molecule has 9 aromatic rings. The van der Waals surface area contributed by atoms with Crippen molar-refractivity contribution in [1.82, 2.24) is 0 Å². The highest BCUT2D eigenvalue weighted by Gasteiger charge is 2.17. The van der Waals surface area contributed by atoms with Crippen LogP contribution in [0.25, 0.3) is 65.3 Å². The first kappa shape index (κ1) is 27.2. The normalized spacial score (nSPS) is 11.4. The fourth-order valence-corrected chi connectivity index (χ4v) is 7.10. The summed E-state index contributed by atoms with van der Waals surface area (Å²) in [6.45, 7) is 0. The number of rotatable bonds is 5. The number of anilines is 3. The van der Waals surface area contributed by atoms with Gasteiger partial charge in [0, 0.05) is 16.8 Å². The Labute approximate surface area is 274 Å². The van der Waals surface area contributed by atoms with Gasteiger partial charge in [0.15, 0.2) is 0 Å². The van der Waals surface area contributed by atoms with Crippen LogP contribution in [0, 0.1) is 0 Å². The van der Waals surface area contributed by atoms with E-state index in [0.29, 0.717) is 0 Å². The van der Waals surface area contributed by atoms with Gasteiger partial charge < -0.3 is 4.90 Å². The second kappa shape index (κ2) is 11.3. The molecular formula is C46H31N. The van der Waals surface area contributed by atoms with E-state index in [1.807, 2.05) is 0 Å². The molecule has 220 valence electrons. The van der Waals surface area contributed by atoms with Gasteiger partial charge >= 0.3 is 0 Å². The lowest BCUT2D eigenvalue weighted by Gasteiger charge is -2.27. The Balaban J connectivity index is 1.14. The third kappa shape index (κ3) is 4.81.